The quantitative estimate of drug-likeness (QED) is 0.350. The van der Waals surface area contributed by atoms with Crippen LogP contribution in [0.25, 0.3) is 0 Å². The average Bonchev–Trinajstić information content (AvgIpc) is 2.79. The van der Waals surface area contributed by atoms with E-state index in [0.29, 0.717) is 11.3 Å². The zero-order valence-electron chi connectivity index (χ0n) is 16.5. The summed E-state index contributed by atoms with van der Waals surface area (Å²) in [6.45, 7) is 0. The van der Waals surface area contributed by atoms with Gasteiger partial charge in [-0.25, -0.2) is 9.82 Å². The van der Waals surface area contributed by atoms with E-state index in [9.17, 15) is 19.1 Å². The molecule has 3 aromatic rings. The molecule has 0 bridgehead atoms. The van der Waals surface area contributed by atoms with Gasteiger partial charge in [-0.05, 0) is 48.5 Å². The predicted molar refractivity (Wildman–Crippen MR) is 121 cm³/mol. The highest BCUT2D eigenvalue weighted by Crippen LogP contribution is 2.39. The Labute approximate surface area is 192 Å². The van der Waals surface area contributed by atoms with E-state index >= 15 is 0 Å². The minimum absolute atomic E-state index is 0.0456. The average molecular weight is 476 g/mol. The minimum atomic E-state index is -0.540. The number of benzene rings is 3. The Morgan fingerprint density at radius 2 is 1.62 bits per heavy atom. The van der Waals surface area contributed by atoms with Crippen LogP contribution in [0.2, 0.25) is 10.0 Å². The maximum absolute atomic E-state index is 13.0. The molecular formula is C22H16Cl2FN3O4. The van der Waals surface area contributed by atoms with Crippen LogP contribution in [0.1, 0.15) is 26.3 Å². The van der Waals surface area contributed by atoms with Crippen molar-refractivity contribution in [3.8, 4) is 11.5 Å². The lowest BCUT2D eigenvalue weighted by molar-refractivity contribution is 0.0954. The summed E-state index contributed by atoms with van der Waals surface area (Å²) in [6, 6.07) is 12.5. The van der Waals surface area contributed by atoms with Gasteiger partial charge in [-0.2, -0.15) is 5.10 Å². The molecule has 0 saturated heterocycles. The Morgan fingerprint density at radius 1 is 1.03 bits per heavy atom. The molecule has 2 amide bonds. The summed E-state index contributed by atoms with van der Waals surface area (Å²) in [5, 5.41) is 16.8. The Hall–Kier alpha value is -3.62. The van der Waals surface area contributed by atoms with E-state index in [-0.39, 0.29) is 32.7 Å². The SMILES string of the molecule is COc1cc(Cl)c(Cl)c(/C=N/NC(=O)c2ccc(NC(=O)c3ccc(F)cc3)cc2)c1O. The number of nitrogens with zero attached hydrogens (tertiary/aromatic N) is 1. The topological polar surface area (TPSA) is 100 Å². The molecule has 32 heavy (non-hydrogen) atoms. The number of anilines is 1. The third kappa shape index (κ3) is 5.35. The second-order valence-electron chi connectivity index (χ2n) is 6.37. The van der Waals surface area contributed by atoms with Crippen molar-refractivity contribution in [1.29, 1.82) is 0 Å². The Bertz CT molecular complexity index is 1180. The number of carbonyl (C=O) groups excluding carboxylic acids is 2. The van der Waals surface area contributed by atoms with E-state index in [1.165, 1.54) is 61.7 Å². The van der Waals surface area contributed by atoms with Gasteiger partial charge in [0.25, 0.3) is 11.8 Å². The van der Waals surface area contributed by atoms with Crippen LogP contribution in [0.4, 0.5) is 10.1 Å². The molecule has 0 aliphatic heterocycles. The van der Waals surface area contributed by atoms with Gasteiger partial charge >= 0.3 is 0 Å². The zero-order chi connectivity index (χ0) is 23.3. The number of ether oxygens (including phenoxy) is 1. The lowest BCUT2D eigenvalue weighted by atomic mass is 10.1. The molecule has 0 unspecified atom stereocenters. The minimum Gasteiger partial charge on any atom is -0.504 e. The first-order valence-corrected chi connectivity index (χ1v) is 9.81. The number of hydrogen-bond acceptors (Lipinski definition) is 5. The number of phenolic OH excluding ortho intramolecular Hbond substituents is 1. The predicted octanol–water partition coefficient (Wildman–Crippen LogP) is 4.86. The first-order valence-electron chi connectivity index (χ1n) is 9.05. The molecule has 3 aromatic carbocycles. The summed E-state index contributed by atoms with van der Waals surface area (Å²) in [7, 11) is 1.35. The monoisotopic (exact) mass is 475 g/mol. The van der Waals surface area contributed by atoms with Crippen LogP contribution in [0, 0.1) is 5.82 Å². The van der Waals surface area contributed by atoms with Crippen molar-refractivity contribution >= 4 is 46.9 Å². The molecule has 0 radical (unpaired) electrons. The molecular weight excluding hydrogens is 460 g/mol. The first-order chi connectivity index (χ1) is 15.3. The summed E-state index contributed by atoms with van der Waals surface area (Å²) in [4.78, 5) is 24.5. The summed E-state index contributed by atoms with van der Waals surface area (Å²) < 4.78 is 18.0. The van der Waals surface area contributed by atoms with E-state index in [0.717, 1.165) is 6.21 Å². The number of hydrogen-bond donors (Lipinski definition) is 3. The van der Waals surface area contributed by atoms with Gasteiger partial charge in [0.2, 0.25) is 0 Å². The number of phenols is 1. The van der Waals surface area contributed by atoms with Crippen molar-refractivity contribution in [2.75, 3.05) is 12.4 Å². The van der Waals surface area contributed by atoms with Gasteiger partial charge in [0, 0.05) is 22.9 Å². The highest BCUT2D eigenvalue weighted by Gasteiger charge is 2.15. The van der Waals surface area contributed by atoms with Crippen LogP contribution in [-0.4, -0.2) is 30.2 Å². The fraction of sp³-hybridized carbons (Fsp3) is 0.0455. The van der Waals surface area contributed by atoms with E-state index in [1.807, 2.05) is 0 Å². The standard InChI is InChI=1S/C22H16Cl2FN3O4/c1-32-18-10-17(23)19(24)16(20(18)29)11-26-28-22(31)13-4-8-15(9-5-13)27-21(30)12-2-6-14(25)7-3-12/h2-11,29H,1H3,(H,27,30)(H,28,31)/b26-11+. The number of halogens is 3. The van der Waals surface area contributed by atoms with E-state index in [2.05, 4.69) is 15.8 Å². The second-order valence-corrected chi connectivity index (χ2v) is 7.16. The number of aromatic hydroxyl groups is 1. The van der Waals surface area contributed by atoms with Gasteiger partial charge in [0.1, 0.15) is 5.82 Å². The Morgan fingerprint density at radius 3 is 2.25 bits per heavy atom. The highest BCUT2D eigenvalue weighted by molar-refractivity contribution is 6.43. The molecule has 3 rings (SSSR count). The third-order valence-electron chi connectivity index (χ3n) is 4.28. The number of amides is 2. The molecule has 0 fully saturated rings. The summed E-state index contributed by atoms with van der Waals surface area (Å²) in [5.74, 6) is -1.57. The number of nitrogens with one attached hydrogen (secondary N) is 2. The van der Waals surface area contributed by atoms with Gasteiger partial charge in [-0.3, -0.25) is 9.59 Å². The molecule has 0 saturated carbocycles. The van der Waals surface area contributed by atoms with Crippen LogP contribution >= 0.6 is 23.2 Å². The Balaban J connectivity index is 1.65. The van der Waals surface area contributed by atoms with E-state index in [4.69, 9.17) is 27.9 Å². The van der Waals surface area contributed by atoms with Gasteiger partial charge in [0.15, 0.2) is 11.5 Å². The van der Waals surface area contributed by atoms with Crippen molar-refractivity contribution in [1.82, 2.24) is 5.43 Å². The maximum atomic E-state index is 13.0. The van der Waals surface area contributed by atoms with E-state index in [1.54, 1.807) is 0 Å². The van der Waals surface area contributed by atoms with Crippen LogP contribution in [0.5, 0.6) is 11.5 Å². The fourth-order valence-corrected chi connectivity index (χ4v) is 3.01. The van der Waals surface area contributed by atoms with Gasteiger partial charge < -0.3 is 15.2 Å². The molecule has 0 aromatic heterocycles. The van der Waals surface area contributed by atoms with Crippen LogP contribution in [-0.2, 0) is 0 Å². The van der Waals surface area contributed by atoms with Crippen molar-refractivity contribution in [3.05, 3.63) is 87.2 Å². The fourth-order valence-electron chi connectivity index (χ4n) is 2.62. The molecule has 0 atom stereocenters. The lowest BCUT2D eigenvalue weighted by Gasteiger charge is -2.09. The second kappa shape index (κ2) is 10.1. The number of carbonyl (C=O) groups is 2. The molecule has 0 spiro atoms. The molecule has 7 nitrogen and oxygen atoms in total. The molecule has 0 aliphatic carbocycles. The largest absolute Gasteiger partial charge is 0.504 e. The van der Waals surface area contributed by atoms with Gasteiger partial charge in [-0.1, -0.05) is 23.2 Å². The van der Waals surface area contributed by atoms with E-state index < -0.39 is 17.6 Å². The number of rotatable bonds is 6. The summed E-state index contributed by atoms with van der Waals surface area (Å²) in [6.07, 6.45) is 1.14. The first kappa shape index (κ1) is 23.1. The summed E-state index contributed by atoms with van der Waals surface area (Å²) >= 11 is 12.1. The molecule has 10 heteroatoms. The molecule has 164 valence electrons. The normalized spacial score (nSPS) is 10.8. The zero-order valence-corrected chi connectivity index (χ0v) is 18.0. The van der Waals surface area contributed by atoms with Crippen molar-refractivity contribution in [3.63, 3.8) is 0 Å². The highest BCUT2D eigenvalue weighted by atomic mass is 35.5. The van der Waals surface area contributed by atoms with Crippen molar-refractivity contribution in [2.45, 2.75) is 0 Å². The van der Waals surface area contributed by atoms with Crippen molar-refractivity contribution < 1.29 is 23.8 Å². The summed E-state index contributed by atoms with van der Waals surface area (Å²) in [5.41, 5.74) is 3.39. The number of hydrazone groups is 1. The third-order valence-corrected chi connectivity index (χ3v) is 5.09. The lowest BCUT2D eigenvalue weighted by Crippen LogP contribution is -2.18. The number of methoxy groups -OCH3 is 1. The Kier molecular flexibility index (Phi) is 7.29. The molecule has 0 heterocycles. The van der Waals surface area contributed by atoms with Crippen molar-refractivity contribution in [2.24, 2.45) is 5.10 Å². The van der Waals surface area contributed by atoms with Gasteiger partial charge in [0.05, 0.1) is 28.9 Å². The molecule has 3 N–H and O–H groups in total. The maximum Gasteiger partial charge on any atom is 0.271 e. The van der Waals surface area contributed by atoms with Crippen LogP contribution in [0.3, 0.4) is 0 Å². The molecule has 0 aliphatic rings. The smallest absolute Gasteiger partial charge is 0.271 e. The van der Waals surface area contributed by atoms with Crippen LogP contribution < -0.4 is 15.5 Å². The van der Waals surface area contributed by atoms with Gasteiger partial charge in [-0.15, -0.1) is 0 Å². The van der Waals surface area contributed by atoms with Crippen LogP contribution in [0.15, 0.2) is 59.7 Å².